The molecule has 1 N–H and O–H groups in total. The van der Waals surface area contributed by atoms with Gasteiger partial charge in [0, 0.05) is 23.2 Å². The lowest BCUT2D eigenvalue weighted by atomic mass is 10.3. The average molecular weight is 413 g/mol. The van der Waals surface area contributed by atoms with Crippen LogP contribution in [0.15, 0.2) is 38.4 Å². The van der Waals surface area contributed by atoms with Gasteiger partial charge in [0.25, 0.3) is 5.22 Å². The van der Waals surface area contributed by atoms with E-state index in [-0.39, 0.29) is 11.7 Å². The molecule has 0 radical (unpaired) electrons. The smallest absolute Gasteiger partial charge is 0.277 e. The van der Waals surface area contributed by atoms with Crippen LogP contribution in [0.1, 0.15) is 5.89 Å². The number of carbonyl (C=O) groups excluding carboxylic acids is 1. The summed E-state index contributed by atoms with van der Waals surface area (Å²) < 4.78 is 11.8. The number of amides is 1. The zero-order valence-corrected chi connectivity index (χ0v) is 15.3. The number of thioether (sulfide) groups is 1. The molecule has 1 amide bonds. The van der Waals surface area contributed by atoms with Crippen LogP contribution in [0.5, 0.6) is 0 Å². The number of nitrogens with zero attached hydrogens (tertiary/aromatic N) is 3. The number of morpholine rings is 1. The highest BCUT2D eigenvalue weighted by atomic mass is 79.9. The number of aromatic nitrogens is 2. The summed E-state index contributed by atoms with van der Waals surface area (Å²) in [6, 6.07) is 7.41. The zero-order chi connectivity index (χ0) is 16.8. The van der Waals surface area contributed by atoms with E-state index < -0.39 is 0 Å². The second kappa shape index (κ2) is 8.61. The quantitative estimate of drug-likeness (QED) is 0.729. The molecule has 2 aromatic rings. The largest absolute Gasteiger partial charge is 0.415 e. The minimum Gasteiger partial charge on any atom is -0.415 e. The lowest BCUT2D eigenvalue weighted by Crippen LogP contribution is -2.35. The standard InChI is InChI=1S/C15H17BrN4O3S/c16-11-1-3-12(4-2-11)17-13(21)10-24-15-19-18-14(23-15)9-20-5-7-22-8-6-20/h1-4H,5-10H2,(H,17,21). The van der Waals surface area contributed by atoms with Crippen LogP contribution in [0, 0.1) is 0 Å². The number of hydrogen-bond donors (Lipinski definition) is 1. The highest BCUT2D eigenvalue weighted by molar-refractivity contribution is 9.10. The van der Waals surface area contributed by atoms with Gasteiger partial charge in [-0.25, -0.2) is 0 Å². The second-order valence-electron chi connectivity index (χ2n) is 5.19. The van der Waals surface area contributed by atoms with E-state index in [1.54, 1.807) is 0 Å². The molecule has 1 saturated heterocycles. The first-order chi connectivity index (χ1) is 11.7. The maximum Gasteiger partial charge on any atom is 0.277 e. The van der Waals surface area contributed by atoms with Gasteiger partial charge >= 0.3 is 0 Å². The molecule has 0 atom stereocenters. The van der Waals surface area contributed by atoms with Crippen molar-refractivity contribution in [3.8, 4) is 0 Å². The van der Waals surface area contributed by atoms with Crippen molar-refractivity contribution in [2.75, 3.05) is 37.4 Å². The summed E-state index contributed by atoms with van der Waals surface area (Å²) in [5, 5.41) is 11.2. The molecule has 0 unspecified atom stereocenters. The molecule has 128 valence electrons. The molecule has 1 fully saturated rings. The van der Waals surface area contributed by atoms with E-state index in [0.717, 1.165) is 36.5 Å². The summed E-state index contributed by atoms with van der Waals surface area (Å²) in [4.78, 5) is 14.1. The number of anilines is 1. The zero-order valence-electron chi connectivity index (χ0n) is 12.9. The summed E-state index contributed by atoms with van der Waals surface area (Å²) in [5.74, 6) is 0.665. The maximum atomic E-state index is 11.9. The minimum atomic E-state index is -0.116. The van der Waals surface area contributed by atoms with Crippen LogP contribution in [-0.4, -0.2) is 53.1 Å². The van der Waals surface area contributed by atoms with Gasteiger partial charge in [0.1, 0.15) is 0 Å². The summed E-state index contributed by atoms with van der Waals surface area (Å²) in [6.07, 6.45) is 0. The van der Waals surface area contributed by atoms with Crippen LogP contribution >= 0.6 is 27.7 Å². The Kier molecular flexibility index (Phi) is 6.24. The molecule has 1 aromatic heterocycles. The lowest BCUT2D eigenvalue weighted by molar-refractivity contribution is -0.113. The Bertz CT molecular complexity index is 674. The predicted molar refractivity (Wildman–Crippen MR) is 93.9 cm³/mol. The van der Waals surface area contributed by atoms with Crippen molar-refractivity contribution in [1.29, 1.82) is 0 Å². The number of ether oxygens (including phenoxy) is 1. The van der Waals surface area contributed by atoms with E-state index in [1.165, 1.54) is 11.8 Å². The summed E-state index contributed by atoms with van der Waals surface area (Å²) in [6.45, 7) is 3.79. The van der Waals surface area contributed by atoms with Crippen LogP contribution < -0.4 is 5.32 Å². The molecule has 0 aliphatic carbocycles. The Morgan fingerprint density at radius 3 is 2.75 bits per heavy atom. The molecule has 1 aromatic carbocycles. The van der Waals surface area contributed by atoms with Crippen molar-refractivity contribution in [3.05, 3.63) is 34.6 Å². The predicted octanol–water partition coefficient (Wildman–Crippen LogP) is 2.40. The third-order valence-corrected chi connectivity index (χ3v) is 4.71. The fraction of sp³-hybridized carbons (Fsp3) is 0.400. The molecule has 1 aliphatic rings. The first-order valence-corrected chi connectivity index (χ1v) is 9.27. The Morgan fingerprint density at radius 2 is 2.00 bits per heavy atom. The van der Waals surface area contributed by atoms with Gasteiger partial charge in [0.15, 0.2) is 0 Å². The van der Waals surface area contributed by atoms with Crippen molar-refractivity contribution >= 4 is 39.3 Å². The van der Waals surface area contributed by atoms with Gasteiger partial charge in [-0.1, -0.05) is 27.7 Å². The van der Waals surface area contributed by atoms with Gasteiger partial charge in [0.2, 0.25) is 11.8 Å². The van der Waals surface area contributed by atoms with Crippen molar-refractivity contribution in [2.45, 2.75) is 11.8 Å². The first-order valence-electron chi connectivity index (χ1n) is 7.50. The normalized spacial score (nSPS) is 15.4. The SMILES string of the molecule is O=C(CSc1nnc(CN2CCOCC2)o1)Nc1ccc(Br)cc1. The van der Waals surface area contributed by atoms with E-state index >= 15 is 0 Å². The van der Waals surface area contributed by atoms with E-state index in [9.17, 15) is 4.79 Å². The summed E-state index contributed by atoms with van der Waals surface area (Å²) >= 11 is 4.58. The number of benzene rings is 1. The molecule has 7 nitrogen and oxygen atoms in total. The van der Waals surface area contributed by atoms with E-state index in [2.05, 4.69) is 36.3 Å². The van der Waals surface area contributed by atoms with Crippen LogP contribution in [0.25, 0.3) is 0 Å². The van der Waals surface area contributed by atoms with Crippen LogP contribution in [0.2, 0.25) is 0 Å². The fourth-order valence-corrected chi connectivity index (χ4v) is 3.01. The first kappa shape index (κ1) is 17.4. The van der Waals surface area contributed by atoms with Crippen LogP contribution in [0.4, 0.5) is 5.69 Å². The Hall–Kier alpha value is -1.42. The van der Waals surface area contributed by atoms with E-state index in [1.807, 2.05) is 24.3 Å². The molecule has 0 saturated carbocycles. The third kappa shape index (κ3) is 5.30. The number of rotatable bonds is 6. The molecular weight excluding hydrogens is 396 g/mol. The van der Waals surface area contributed by atoms with Gasteiger partial charge in [-0.2, -0.15) is 0 Å². The minimum absolute atomic E-state index is 0.116. The molecule has 1 aliphatic heterocycles. The summed E-state index contributed by atoms with van der Waals surface area (Å²) in [7, 11) is 0. The van der Waals surface area contributed by atoms with Crippen molar-refractivity contribution < 1.29 is 13.9 Å². The molecule has 3 rings (SSSR count). The molecule has 24 heavy (non-hydrogen) atoms. The van der Waals surface area contributed by atoms with Gasteiger partial charge in [0.05, 0.1) is 25.5 Å². The fourth-order valence-electron chi connectivity index (χ4n) is 2.17. The van der Waals surface area contributed by atoms with Crippen molar-refractivity contribution in [1.82, 2.24) is 15.1 Å². The van der Waals surface area contributed by atoms with E-state index in [0.29, 0.717) is 17.7 Å². The second-order valence-corrected chi connectivity index (χ2v) is 7.04. The number of carbonyl (C=O) groups is 1. The molecule has 0 bridgehead atoms. The molecule has 0 spiro atoms. The summed E-state index contributed by atoms with van der Waals surface area (Å²) in [5.41, 5.74) is 0.752. The Balaban J connectivity index is 1.44. The highest BCUT2D eigenvalue weighted by Crippen LogP contribution is 2.18. The van der Waals surface area contributed by atoms with Gasteiger partial charge in [-0.3, -0.25) is 9.69 Å². The number of halogens is 1. The Morgan fingerprint density at radius 1 is 1.25 bits per heavy atom. The van der Waals surface area contributed by atoms with Gasteiger partial charge in [-0.15, -0.1) is 10.2 Å². The van der Waals surface area contributed by atoms with Crippen molar-refractivity contribution in [2.24, 2.45) is 0 Å². The van der Waals surface area contributed by atoms with Crippen LogP contribution in [0.3, 0.4) is 0 Å². The maximum absolute atomic E-state index is 11.9. The topological polar surface area (TPSA) is 80.5 Å². The van der Waals surface area contributed by atoms with Crippen molar-refractivity contribution in [3.63, 3.8) is 0 Å². The number of nitrogens with one attached hydrogen (secondary N) is 1. The van der Waals surface area contributed by atoms with Gasteiger partial charge < -0.3 is 14.5 Å². The molecule has 9 heteroatoms. The molecular formula is C15H17BrN4O3S. The average Bonchev–Trinajstić information content (AvgIpc) is 3.03. The lowest BCUT2D eigenvalue weighted by Gasteiger charge is -2.24. The van der Waals surface area contributed by atoms with E-state index in [4.69, 9.17) is 9.15 Å². The molecule has 2 heterocycles. The monoisotopic (exact) mass is 412 g/mol. The van der Waals surface area contributed by atoms with Crippen LogP contribution in [-0.2, 0) is 16.1 Å². The Labute approximate surface area is 152 Å². The third-order valence-electron chi connectivity index (χ3n) is 3.37. The highest BCUT2D eigenvalue weighted by Gasteiger charge is 2.15. The van der Waals surface area contributed by atoms with Gasteiger partial charge in [-0.05, 0) is 24.3 Å². The number of hydrogen-bond acceptors (Lipinski definition) is 7.